The zero-order valence-corrected chi connectivity index (χ0v) is 18.7. The predicted molar refractivity (Wildman–Crippen MR) is 119 cm³/mol. The average Bonchev–Trinajstić information content (AvgIpc) is 3.24. The third-order valence-electron chi connectivity index (χ3n) is 5.57. The third-order valence-corrected chi connectivity index (χ3v) is 6.40. The van der Waals surface area contributed by atoms with Crippen LogP contribution in [-0.4, -0.2) is 38.4 Å². The van der Waals surface area contributed by atoms with Crippen LogP contribution in [0.1, 0.15) is 41.4 Å². The molecule has 1 amide bonds. The van der Waals surface area contributed by atoms with E-state index in [-0.39, 0.29) is 17.6 Å². The van der Waals surface area contributed by atoms with Gasteiger partial charge >= 0.3 is 5.69 Å². The third kappa shape index (κ3) is 5.04. The van der Waals surface area contributed by atoms with Crippen molar-refractivity contribution >= 4 is 17.2 Å². The number of aryl methyl sites for hydroxylation is 3. The van der Waals surface area contributed by atoms with Crippen molar-refractivity contribution in [2.75, 3.05) is 7.11 Å². The molecule has 0 bridgehead atoms. The molecule has 0 saturated heterocycles. The van der Waals surface area contributed by atoms with Crippen LogP contribution in [0.15, 0.2) is 34.4 Å². The lowest BCUT2D eigenvalue weighted by Gasteiger charge is -2.16. The van der Waals surface area contributed by atoms with Crippen LogP contribution in [0.5, 0.6) is 5.75 Å². The summed E-state index contributed by atoms with van der Waals surface area (Å²) in [6.07, 6.45) is 3.18. The number of thiazole rings is 1. The SMILES string of the molecule is COc1ccccc1CCC(=O)NC1CCc2nn(Cc3csc(C)n3)c(=O)n2CC1. The minimum atomic E-state index is -0.108. The summed E-state index contributed by atoms with van der Waals surface area (Å²) in [6.45, 7) is 2.90. The lowest BCUT2D eigenvalue weighted by molar-refractivity contribution is -0.121. The summed E-state index contributed by atoms with van der Waals surface area (Å²) in [4.78, 5) is 29.7. The number of para-hydroxylation sites is 1. The minimum absolute atomic E-state index is 0.0201. The van der Waals surface area contributed by atoms with E-state index < -0.39 is 0 Å². The van der Waals surface area contributed by atoms with Crippen molar-refractivity contribution in [3.8, 4) is 5.75 Å². The summed E-state index contributed by atoms with van der Waals surface area (Å²) < 4.78 is 8.59. The van der Waals surface area contributed by atoms with Crippen LogP contribution in [0.2, 0.25) is 0 Å². The van der Waals surface area contributed by atoms with Gasteiger partial charge < -0.3 is 10.1 Å². The number of ether oxygens (including phenoxy) is 1. The van der Waals surface area contributed by atoms with Crippen molar-refractivity contribution in [3.63, 3.8) is 0 Å². The van der Waals surface area contributed by atoms with E-state index in [1.54, 1.807) is 23.0 Å². The van der Waals surface area contributed by atoms with Gasteiger partial charge in [-0.05, 0) is 37.8 Å². The Morgan fingerprint density at radius 1 is 1.32 bits per heavy atom. The highest BCUT2D eigenvalue weighted by Gasteiger charge is 2.22. The zero-order chi connectivity index (χ0) is 21.8. The molecule has 2 aromatic heterocycles. The molecule has 4 rings (SSSR count). The molecule has 0 radical (unpaired) electrons. The fourth-order valence-electron chi connectivity index (χ4n) is 3.97. The molecule has 8 nitrogen and oxygen atoms in total. The Bertz CT molecular complexity index is 1120. The summed E-state index contributed by atoms with van der Waals surface area (Å²) in [5.74, 6) is 1.61. The van der Waals surface area contributed by atoms with E-state index in [0.29, 0.717) is 32.4 Å². The topological polar surface area (TPSA) is 91.0 Å². The Hall–Kier alpha value is -2.94. The van der Waals surface area contributed by atoms with Gasteiger partial charge in [-0.3, -0.25) is 9.36 Å². The van der Waals surface area contributed by atoms with E-state index in [4.69, 9.17) is 4.74 Å². The fraction of sp³-hybridized carbons (Fsp3) is 0.455. The highest BCUT2D eigenvalue weighted by Crippen LogP contribution is 2.19. The number of nitrogens with zero attached hydrogens (tertiary/aromatic N) is 4. The molecule has 1 atom stereocenters. The Morgan fingerprint density at radius 3 is 2.94 bits per heavy atom. The number of hydrogen-bond donors (Lipinski definition) is 1. The van der Waals surface area contributed by atoms with Crippen molar-refractivity contribution in [2.24, 2.45) is 0 Å². The second-order valence-electron chi connectivity index (χ2n) is 7.77. The maximum Gasteiger partial charge on any atom is 0.346 e. The number of benzene rings is 1. The van der Waals surface area contributed by atoms with Crippen LogP contribution >= 0.6 is 11.3 Å². The van der Waals surface area contributed by atoms with Gasteiger partial charge in [-0.2, -0.15) is 5.10 Å². The van der Waals surface area contributed by atoms with Gasteiger partial charge in [0, 0.05) is 30.8 Å². The zero-order valence-electron chi connectivity index (χ0n) is 17.8. The number of fused-ring (bicyclic) bond motifs is 1. The Labute approximate surface area is 184 Å². The Balaban J connectivity index is 1.32. The molecule has 9 heteroatoms. The first-order chi connectivity index (χ1) is 15.0. The number of methoxy groups -OCH3 is 1. The van der Waals surface area contributed by atoms with Crippen LogP contribution in [0.4, 0.5) is 0 Å². The first-order valence-corrected chi connectivity index (χ1v) is 11.4. The molecule has 164 valence electrons. The maximum atomic E-state index is 12.8. The van der Waals surface area contributed by atoms with Gasteiger partial charge in [0.25, 0.3) is 0 Å². The molecule has 3 heterocycles. The molecule has 1 N–H and O–H groups in total. The highest BCUT2D eigenvalue weighted by atomic mass is 32.1. The average molecular weight is 442 g/mol. The monoisotopic (exact) mass is 441 g/mol. The molecule has 1 aliphatic heterocycles. The lowest BCUT2D eigenvalue weighted by atomic mass is 10.1. The van der Waals surface area contributed by atoms with Crippen LogP contribution in [0.25, 0.3) is 0 Å². The lowest BCUT2D eigenvalue weighted by Crippen LogP contribution is -2.36. The number of amides is 1. The van der Waals surface area contributed by atoms with E-state index in [2.05, 4.69) is 15.4 Å². The molecule has 0 fully saturated rings. The summed E-state index contributed by atoms with van der Waals surface area (Å²) in [5.41, 5.74) is 1.78. The first-order valence-electron chi connectivity index (χ1n) is 10.5. The molecule has 1 unspecified atom stereocenters. The predicted octanol–water partition coefficient (Wildman–Crippen LogP) is 2.32. The second-order valence-corrected chi connectivity index (χ2v) is 8.83. The van der Waals surface area contributed by atoms with Gasteiger partial charge in [0.05, 0.1) is 24.4 Å². The Morgan fingerprint density at radius 2 is 2.16 bits per heavy atom. The van der Waals surface area contributed by atoms with E-state index in [1.807, 2.05) is 36.6 Å². The fourth-order valence-corrected chi connectivity index (χ4v) is 4.57. The molecule has 3 aromatic rings. The van der Waals surface area contributed by atoms with Crippen LogP contribution < -0.4 is 15.7 Å². The van der Waals surface area contributed by atoms with Gasteiger partial charge in [-0.25, -0.2) is 14.5 Å². The summed E-state index contributed by atoms with van der Waals surface area (Å²) >= 11 is 1.57. The maximum absolute atomic E-state index is 12.8. The number of carbonyl (C=O) groups is 1. The molecular formula is C22H27N5O3S. The van der Waals surface area contributed by atoms with Gasteiger partial charge in [0.15, 0.2) is 0 Å². The van der Waals surface area contributed by atoms with Crippen molar-refractivity contribution in [1.29, 1.82) is 0 Å². The number of hydrogen-bond acceptors (Lipinski definition) is 6. The largest absolute Gasteiger partial charge is 0.496 e. The van der Waals surface area contributed by atoms with Crippen molar-refractivity contribution in [1.82, 2.24) is 24.6 Å². The van der Waals surface area contributed by atoms with Gasteiger partial charge in [-0.15, -0.1) is 11.3 Å². The van der Waals surface area contributed by atoms with Gasteiger partial charge in [0.2, 0.25) is 5.91 Å². The van der Waals surface area contributed by atoms with Crippen LogP contribution in [-0.2, 0) is 30.7 Å². The smallest absolute Gasteiger partial charge is 0.346 e. The highest BCUT2D eigenvalue weighted by molar-refractivity contribution is 7.09. The van der Waals surface area contributed by atoms with Crippen molar-refractivity contribution in [3.05, 3.63) is 62.2 Å². The van der Waals surface area contributed by atoms with Crippen LogP contribution in [0.3, 0.4) is 0 Å². The molecule has 0 saturated carbocycles. The van der Waals surface area contributed by atoms with Crippen LogP contribution in [0, 0.1) is 6.92 Å². The molecule has 0 aliphatic carbocycles. The van der Waals surface area contributed by atoms with Crippen molar-refractivity contribution in [2.45, 2.75) is 58.2 Å². The quantitative estimate of drug-likeness (QED) is 0.608. The first kappa shape index (κ1) is 21.3. The van der Waals surface area contributed by atoms with Gasteiger partial charge in [0.1, 0.15) is 11.6 Å². The molecule has 1 aromatic carbocycles. The van der Waals surface area contributed by atoms with Gasteiger partial charge in [-0.1, -0.05) is 18.2 Å². The molecule has 1 aliphatic rings. The number of nitrogens with one attached hydrogen (secondary N) is 1. The molecule has 0 spiro atoms. The normalized spacial score (nSPS) is 15.9. The second kappa shape index (κ2) is 9.47. The molecular weight excluding hydrogens is 414 g/mol. The van der Waals surface area contributed by atoms with E-state index in [0.717, 1.165) is 40.7 Å². The number of rotatable bonds is 7. The van der Waals surface area contributed by atoms with E-state index in [1.165, 1.54) is 4.68 Å². The molecule has 31 heavy (non-hydrogen) atoms. The van der Waals surface area contributed by atoms with E-state index in [9.17, 15) is 9.59 Å². The standard InChI is InChI=1S/C22H27N5O3S/c1-15-23-18(14-31-15)13-27-22(29)26-12-11-17(8-9-20(26)25-27)24-21(28)10-7-16-5-3-4-6-19(16)30-2/h3-6,14,17H,7-13H2,1-2H3,(H,24,28). The summed E-state index contributed by atoms with van der Waals surface area (Å²) in [6, 6.07) is 7.80. The number of aromatic nitrogens is 4. The van der Waals surface area contributed by atoms with Crippen molar-refractivity contribution < 1.29 is 9.53 Å². The number of carbonyl (C=O) groups excluding carboxylic acids is 1. The Kier molecular flexibility index (Phi) is 6.50. The summed E-state index contributed by atoms with van der Waals surface area (Å²) in [5, 5.41) is 10.6. The summed E-state index contributed by atoms with van der Waals surface area (Å²) in [7, 11) is 1.64. The van der Waals surface area contributed by atoms with E-state index >= 15 is 0 Å². The minimum Gasteiger partial charge on any atom is -0.496 e.